The van der Waals surface area contributed by atoms with Crippen molar-refractivity contribution < 1.29 is 8.42 Å². The third kappa shape index (κ3) is 3.71. The first-order valence-corrected chi connectivity index (χ1v) is 10.9. The second-order valence-electron chi connectivity index (χ2n) is 6.54. The topological polar surface area (TPSA) is 90.1 Å². The molecule has 0 saturated carbocycles. The molecule has 1 aliphatic rings. The predicted octanol–water partition coefficient (Wildman–Crippen LogP) is 2.96. The number of benzene rings is 1. The minimum atomic E-state index is -3.33. The molecule has 2 atom stereocenters. The number of anilines is 2. The number of nitrogens with zero attached hydrogens (tertiary/aromatic N) is 2. The van der Waals surface area contributed by atoms with Crippen molar-refractivity contribution in [2.75, 3.05) is 15.9 Å². The number of aromatic nitrogens is 2. The van der Waals surface area contributed by atoms with Gasteiger partial charge in [-0.2, -0.15) is 0 Å². The van der Waals surface area contributed by atoms with Gasteiger partial charge in [-0.25, -0.2) is 8.42 Å². The fraction of sp³-hybridized carbons (Fsp3) is 0.158. The molecule has 3 heterocycles. The molecule has 3 N–H and O–H groups in total. The Morgan fingerprint density at radius 2 is 1.89 bits per heavy atom. The quantitative estimate of drug-likeness (QED) is 0.557. The average Bonchev–Trinajstić information content (AvgIpc) is 3.29. The lowest BCUT2D eigenvalue weighted by atomic mass is 10.0. The lowest BCUT2D eigenvalue weighted by Crippen LogP contribution is -2.29. The van der Waals surface area contributed by atoms with Crippen LogP contribution in [0.2, 0.25) is 0 Å². The molecule has 7 nitrogen and oxygen atoms in total. The normalized spacial score (nSPS) is 19.5. The fourth-order valence-electron chi connectivity index (χ4n) is 3.38. The number of sulfonamides is 1. The van der Waals surface area contributed by atoms with Crippen molar-refractivity contribution in [3.05, 3.63) is 78.4 Å². The highest BCUT2D eigenvalue weighted by Crippen LogP contribution is 2.40. The number of hydrogen-bond donors (Lipinski definition) is 3. The van der Waals surface area contributed by atoms with Gasteiger partial charge in [0.2, 0.25) is 10.0 Å². The van der Waals surface area contributed by atoms with Gasteiger partial charge in [-0.1, -0.05) is 6.07 Å². The van der Waals surface area contributed by atoms with Crippen LogP contribution in [0.3, 0.4) is 0 Å². The summed E-state index contributed by atoms with van der Waals surface area (Å²) in [4.78, 5) is 9.80. The number of hydrogen-bond acceptors (Lipinski definition) is 4. The molecule has 0 bridgehead atoms. The SMILES string of the molecule is CS(=O)(=O)Nc1ccc(N2C(=S)N[C@@H](c3ccccn3)[C@@H]2c2ccc[nH]2)cc1. The molecule has 144 valence electrons. The number of thiocarbonyl (C=S) groups is 1. The van der Waals surface area contributed by atoms with Crippen molar-refractivity contribution in [2.45, 2.75) is 12.1 Å². The molecule has 0 radical (unpaired) electrons. The highest BCUT2D eigenvalue weighted by molar-refractivity contribution is 7.92. The maximum Gasteiger partial charge on any atom is 0.229 e. The summed E-state index contributed by atoms with van der Waals surface area (Å²) in [5.41, 5.74) is 3.25. The molecule has 1 fully saturated rings. The summed E-state index contributed by atoms with van der Waals surface area (Å²) in [5, 5.41) is 3.96. The minimum Gasteiger partial charge on any atom is -0.363 e. The molecule has 0 amide bonds. The second-order valence-corrected chi connectivity index (χ2v) is 8.68. The van der Waals surface area contributed by atoms with Gasteiger partial charge in [-0.05, 0) is 60.7 Å². The van der Waals surface area contributed by atoms with E-state index < -0.39 is 10.0 Å². The highest BCUT2D eigenvalue weighted by Gasteiger charge is 2.41. The van der Waals surface area contributed by atoms with Gasteiger partial charge in [0.15, 0.2) is 5.11 Å². The Labute approximate surface area is 168 Å². The van der Waals surface area contributed by atoms with Gasteiger partial charge in [0.25, 0.3) is 0 Å². The molecule has 4 rings (SSSR count). The maximum absolute atomic E-state index is 11.4. The third-order valence-corrected chi connectivity index (χ3v) is 5.41. The first-order valence-electron chi connectivity index (χ1n) is 8.64. The van der Waals surface area contributed by atoms with E-state index >= 15 is 0 Å². The monoisotopic (exact) mass is 413 g/mol. The lowest BCUT2D eigenvalue weighted by Gasteiger charge is -2.27. The molecule has 0 unspecified atom stereocenters. The molecule has 0 aliphatic carbocycles. The van der Waals surface area contributed by atoms with E-state index in [2.05, 4.69) is 20.0 Å². The molecule has 1 aromatic carbocycles. The van der Waals surface area contributed by atoms with Crippen LogP contribution in [0, 0.1) is 0 Å². The Morgan fingerprint density at radius 1 is 1.11 bits per heavy atom. The van der Waals surface area contributed by atoms with Crippen LogP contribution in [-0.4, -0.2) is 29.8 Å². The van der Waals surface area contributed by atoms with Crippen molar-refractivity contribution in [3.63, 3.8) is 0 Å². The van der Waals surface area contributed by atoms with Crippen LogP contribution in [0.15, 0.2) is 67.0 Å². The Balaban J connectivity index is 1.71. The molecule has 1 aliphatic heterocycles. The standard InChI is InChI=1S/C19H19N5O2S2/c1-28(25,26)23-13-7-9-14(10-8-13)24-18(16-6-4-12-21-16)17(22-19(24)27)15-5-2-3-11-20-15/h2-12,17-18,21,23H,1H3,(H,22,27)/t17-,18-/m0/s1. The zero-order valence-corrected chi connectivity index (χ0v) is 16.7. The summed E-state index contributed by atoms with van der Waals surface area (Å²) in [7, 11) is -3.33. The Bertz CT molecular complexity index is 1070. The van der Waals surface area contributed by atoms with Crippen molar-refractivity contribution >= 4 is 38.7 Å². The predicted molar refractivity (Wildman–Crippen MR) is 114 cm³/mol. The molecule has 9 heteroatoms. The van der Waals surface area contributed by atoms with E-state index in [4.69, 9.17) is 12.2 Å². The summed E-state index contributed by atoms with van der Waals surface area (Å²) in [5.74, 6) is 0. The molecule has 0 spiro atoms. The van der Waals surface area contributed by atoms with Crippen molar-refractivity contribution in [1.82, 2.24) is 15.3 Å². The number of aromatic amines is 1. The van der Waals surface area contributed by atoms with Crippen molar-refractivity contribution in [1.29, 1.82) is 0 Å². The van der Waals surface area contributed by atoms with Crippen molar-refractivity contribution in [3.8, 4) is 0 Å². The van der Waals surface area contributed by atoms with Crippen LogP contribution in [0.5, 0.6) is 0 Å². The van der Waals surface area contributed by atoms with Crippen molar-refractivity contribution in [2.24, 2.45) is 0 Å². The van der Waals surface area contributed by atoms with Crippen LogP contribution in [0.25, 0.3) is 0 Å². The van der Waals surface area contributed by atoms with Crippen LogP contribution in [-0.2, 0) is 10.0 Å². The van der Waals surface area contributed by atoms with E-state index in [0.717, 1.165) is 23.3 Å². The van der Waals surface area contributed by atoms with Gasteiger partial charge in [0.1, 0.15) is 6.04 Å². The zero-order valence-electron chi connectivity index (χ0n) is 15.0. The minimum absolute atomic E-state index is 0.119. The van der Waals surface area contributed by atoms with E-state index in [1.54, 1.807) is 18.3 Å². The van der Waals surface area contributed by atoms with E-state index in [-0.39, 0.29) is 12.1 Å². The van der Waals surface area contributed by atoms with Crippen LogP contribution >= 0.6 is 12.2 Å². The smallest absolute Gasteiger partial charge is 0.229 e. The van der Waals surface area contributed by atoms with Crippen LogP contribution in [0.4, 0.5) is 11.4 Å². The van der Waals surface area contributed by atoms with E-state index in [9.17, 15) is 8.42 Å². The van der Waals surface area contributed by atoms with E-state index in [0.29, 0.717) is 10.8 Å². The molecule has 2 aromatic heterocycles. The largest absolute Gasteiger partial charge is 0.363 e. The first kappa shape index (κ1) is 18.5. The summed E-state index contributed by atoms with van der Waals surface area (Å²) < 4.78 is 25.3. The van der Waals surface area contributed by atoms with Gasteiger partial charge < -0.3 is 15.2 Å². The molecule has 28 heavy (non-hydrogen) atoms. The maximum atomic E-state index is 11.4. The fourth-order valence-corrected chi connectivity index (χ4v) is 4.29. The Morgan fingerprint density at radius 3 is 2.50 bits per heavy atom. The summed E-state index contributed by atoms with van der Waals surface area (Å²) >= 11 is 5.63. The number of nitrogens with one attached hydrogen (secondary N) is 3. The van der Waals surface area contributed by atoms with Gasteiger partial charge in [-0.3, -0.25) is 9.71 Å². The van der Waals surface area contributed by atoms with Gasteiger partial charge in [-0.15, -0.1) is 0 Å². The van der Waals surface area contributed by atoms with Gasteiger partial charge >= 0.3 is 0 Å². The number of pyridine rings is 1. The lowest BCUT2D eigenvalue weighted by molar-refractivity contribution is 0.558. The zero-order chi connectivity index (χ0) is 19.7. The highest BCUT2D eigenvalue weighted by atomic mass is 32.2. The van der Waals surface area contributed by atoms with Crippen LogP contribution in [0.1, 0.15) is 23.5 Å². The van der Waals surface area contributed by atoms with E-state index in [1.165, 1.54) is 0 Å². The molecule has 1 saturated heterocycles. The third-order valence-electron chi connectivity index (χ3n) is 4.49. The molecule has 3 aromatic rings. The molecular weight excluding hydrogens is 394 g/mol. The summed E-state index contributed by atoms with van der Waals surface area (Å²) in [6, 6.07) is 16.7. The Kier molecular flexibility index (Phi) is 4.78. The average molecular weight is 414 g/mol. The van der Waals surface area contributed by atoms with Crippen LogP contribution < -0.4 is 14.9 Å². The Hall–Kier alpha value is -2.91. The summed E-state index contributed by atoms with van der Waals surface area (Å²) in [6.07, 6.45) is 4.77. The number of rotatable bonds is 5. The summed E-state index contributed by atoms with van der Waals surface area (Å²) in [6.45, 7) is 0. The van der Waals surface area contributed by atoms with Gasteiger partial charge in [0, 0.05) is 29.5 Å². The number of H-pyrrole nitrogens is 1. The van der Waals surface area contributed by atoms with Gasteiger partial charge in [0.05, 0.1) is 18.0 Å². The first-order chi connectivity index (χ1) is 13.4. The molecular formula is C19H19N5O2S2. The van der Waals surface area contributed by atoms with E-state index in [1.807, 2.05) is 53.6 Å². The second kappa shape index (κ2) is 7.25.